The summed E-state index contributed by atoms with van der Waals surface area (Å²) in [6.45, 7) is 2.26. The van der Waals surface area contributed by atoms with Crippen LogP contribution in [-0.2, 0) is 9.59 Å². The van der Waals surface area contributed by atoms with E-state index in [2.05, 4.69) is 24.9 Å². The zero-order valence-corrected chi connectivity index (χ0v) is 17.7. The Morgan fingerprint density at radius 1 is 0.769 bits per heavy atom. The highest BCUT2D eigenvalue weighted by Crippen LogP contribution is 2.13. The van der Waals surface area contributed by atoms with Crippen LogP contribution in [0.4, 0.5) is 0 Å². The molecule has 0 saturated carbocycles. The SMILES string of the molecule is CCCCCCCCCCCCCCCCCC(=O)N[C@H](CS)C(=O)O. The van der Waals surface area contributed by atoms with Gasteiger partial charge in [0, 0.05) is 12.2 Å². The summed E-state index contributed by atoms with van der Waals surface area (Å²) >= 11 is 3.93. The van der Waals surface area contributed by atoms with Crippen LogP contribution in [0.5, 0.6) is 0 Å². The molecule has 0 rings (SSSR count). The van der Waals surface area contributed by atoms with Gasteiger partial charge in [-0.25, -0.2) is 4.79 Å². The lowest BCUT2D eigenvalue weighted by molar-refractivity contribution is -0.141. The number of hydrogen-bond acceptors (Lipinski definition) is 3. The number of unbranched alkanes of at least 4 members (excludes halogenated alkanes) is 14. The molecule has 1 amide bonds. The normalized spacial score (nSPS) is 12.1. The van der Waals surface area contributed by atoms with Gasteiger partial charge in [0.25, 0.3) is 0 Å². The lowest BCUT2D eigenvalue weighted by atomic mass is 10.0. The first-order valence-corrected chi connectivity index (χ1v) is 11.4. The lowest BCUT2D eigenvalue weighted by Gasteiger charge is -2.11. The Kier molecular flexibility index (Phi) is 18.5. The molecule has 0 fully saturated rings. The Morgan fingerprint density at radius 3 is 1.50 bits per heavy atom. The van der Waals surface area contributed by atoms with Crippen molar-refractivity contribution in [1.29, 1.82) is 0 Å². The molecule has 4 nitrogen and oxygen atoms in total. The highest BCUT2D eigenvalue weighted by atomic mass is 32.1. The summed E-state index contributed by atoms with van der Waals surface area (Å²) in [7, 11) is 0. The minimum Gasteiger partial charge on any atom is -0.480 e. The molecule has 0 aliphatic carbocycles. The highest BCUT2D eigenvalue weighted by Gasteiger charge is 2.17. The van der Waals surface area contributed by atoms with E-state index in [4.69, 9.17) is 5.11 Å². The molecule has 0 aromatic carbocycles. The van der Waals surface area contributed by atoms with Crippen LogP contribution in [0.15, 0.2) is 0 Å². The Hall–Kier alpha value is -0.710. The summed E-state index contributed by atoms with van der Waals surface area (Å²) in [5.74, 6) is -1.08. The van der Waals surface area contributed by atoms with Crippen molar-refractivity contribution >= 4 is 24.5 Å². The molecule has 0 heterocycles. The standard InChI is InChI=1S/C21H41NO3S/c1-2-3-4-5-6-7-8-9-10-11-12-13-14-15-16-17-20(23)22-19(18-26)21(24)25/h19,26H,2-18H2,1H3,(H,22,23)(H,24,25)/t19-/m1/s1. The first-order valence-electron chi connectivity index (χ1n) is 10.7. The Morgan fingerprint density at radius 2 is 1.15 bits per heavy atom. The van der Waals surface area contributed by atoms with Gasteiger partial charge in [0.15, 0.2) is 0 Å². The fraction of sp³-hybridized carbons (Fsp3) is 0.905. The summed E-state index contributed by atoms with van der Waals surface area (Å²) in [6.07, 6.45) is 19.8. The quantitative estimate of drug-likeness (QED) is 0.195. The first kappa shape index (κ1) is 25.3. The molecule has 0 aromatic rings. The topological polar surface area (TPSA) is 66.4 Å². The molecule has 0 aromatic heterocycles. The highest BCUT2D eigenvalue weighted by molar-refractivity contribution is 7.80. The smallest absolute Gasteiger partial charge is 0.327 e. The average Bonchev–Trinajstić information content (AvgIpc) is 2.62. The van der Waals surface area contributed by atoms with Crippen LogP contribution in [0, 0.1) is 0 Å². The zero-order valence-electron chi connectivity index (χ0n) is 16.8. The largest absolute Gasteiger partial charge is 0.480 e. The molecule has 0 aliphatic heterocycles. The number of thiol groups is 1. The van der Waals surface area contributed by atoms with Gasteiger partial charge in [-0.05, 0) is 6.42 Å². The van der Waals surface area contributed by atoms with Crippen molar-refractivity contribution in [2.24, 2.45) is 0 Å². The van der Waals surface area contributed by atoms with Crippen LogP contribution in [0.25, 0.3) is 0 Å². The van der Waals surface area contributed by atoms with E-state index in [9.17, 15) is 9.59 Å². The molecule has 0 saturated heterocycles. The maximum absolute atomic E-state index is 11.6. The number of carbonyl (C=O) groups excluding carboxylic acids is 1. The molecule has 2 N–H and O–H groups in total. The van der Waals surface area contributed by atoms with Crippen molar-refractivity contribution in [2.45, 2.75) is 116 Å². The predicted molar refractivity (Wildman–Crippen MR) is 113 cm³/mol. The fourth-order valence-corrected chi connectivity index (χ4v) is 3.36. The average molecular weight is 388 g/mol. The summed E-state index contributed by atoms with van der Waals surface area (Å²) in [4.78, 5) is 22.5. The predicted octanol–water partition coefficient (Wildman–Crippen LogP) is 5.75. The summed E-state index contributed by atoms with van der Waals surface area (Å²) in [5.41, 5.74) is 0. The number of carboxylic acid groups (broad SMARTS) is 1. The van der Waals surface area contributed by atoms with Crippen molar-refractivity contribution in [1.82, 2.24) is 5.32 Å². The van der Waals surface area contributed by atoms with E-state index < -0.39 is 12.0 Å². The van der Waals surface area contributed by atoms with Gasteiger partial charge in [0.05, 0.1) is 0 Å². The number of carboxylic acids is 1. The van der Waals surface area contributed by atoms with E-state index in [0.717, 1.165) is 12.8 Å². The number of amides is 1. The molecule has 154 valence electrons. The first-order chi connectivity index (χ1) is 12.6. The molecule has 26 heavy (non-hydrogen) atoms. The number of carbonyl (C=O) groups is 2. The molecule has 0 spiro atoms. The van der Waals surface area contributed by atoms with E-state index in [1.165, 1.54) is 83.5 Å². The minimum atomic E-state index is -1.02. The summed E-state index contributed by atoms with van der Waals surface area (Å²) in [5, 5.41) is 11.4. The van der Waals surface area contributed by atoms with Crippen LogP contribution in [0.2, 0.25) is 0 Å². The summed E-state index contributed by atoms with van der Waals surface area (Å²) in [6, 6.07) is -0.873. The molecule has 0 unspecified atom stereocenters. The van der Waals surface area contributed by atoms with Crippen molar-refractivity contribution < 1.29 is 14.7 Å². The molecule has 0 aliphatic rings. The van der Waals surface area contributed by atoms with Gasteiger partial charge >= 0.3 is 5.97 Å². The molecule has 1 atom stereocenters. The van der Waals surface area contributed by atoms with Crippen LogP contribution < -0.4 is 5.32 Å². The van der Waals surface area contributed by atoms with E-state index in [1.54, 1.807) is 0 Å². The van der Waals surface area contributed by atoms with Gasteiger partial charge in [0.1, 0.15) is 6.04 Å². The van der Waals surface area contributed by atoms with Crippen molar-refractivity contribution in [3.8, 4) is 0 Å². The fourth-order valence-electron chi connectivity index (χ4n) is 3.11. The van der Waals surface area contributed by atoms with E-state index in [0.29, 0.717) is 6.42 Å². The molecule has 0 bridgehead atoms. The van der Waals surface area contributed by atoms with Crippen molar-refractivity contribution in [3.05, 3.63) is 0 Å². The maximum Gasteiger partial charge on any atom is 0.327 e. The van der Waals surface area contributed by atoms with Gasteiger partial charge in [-0.1, -0.05) is 96.8 Å². The van der Waals surface area contributed by atoms with Crippen LogP contribution in [0.3, 0.4) is 0 Å². The third-order valence-corrected chi connectivity index (χ3v) is 5.19. The van der Waals surface area contributed by atoms with E-state index >= 15 is 0 Å². The number of rotatable bonds is 19. The number of hydrogen-bond donors (Lipinski definition) is 3. The van der Waals surface area contributed by atoms with Gasteiger partial charge in [0.2, 0.25) is 5.91 Å². The Bertz CT molecular complexity index is 350. The van der Waals surface area contributed by atoms with Gasteiger partial charge in [-0.15, -0.1) is 0 Å². The lowest BCUT2D eigenvalue weighted by Crippen LogP contribution is -2.42. The second kappa shape index (κ2) is 19.1. The third-order valence-electron chi connectivity index (χ3n) is 4.82. The molecular formula is C21H41NO3S. The third kappa shape index (κ3) is 16.7. The van der Waals surface area contributed by atoms with Gasteiger partial charge < -0.3 is 10.4 Å². The van der Waals surface area contributed by atoms with Crippen LogP contribution in [0.1, 0.15) is 110 Å². The summed E-state index contributed by atoms with van der Waals surface area (Å²) < 4.78 is 0. The van der Waals surface area contributed by atoms with Crippen molar-refractivity contribution in [3.63, 3.8) is 0 Å². The molecule has 5 heteroatoms. The van der Waals surface area contributed by atoms with Gasteiger partial charge in [-0.2, -0.15) is 12.6 Å². The second-order valence-electron chi connectivity index (χ2n) is 7.34. The van der Waals surface area contributed by atoms with Crippen LogP contribution in [-0.4, -0.2) is 28.8 Å². The minimum absolute atomic E-state index is 0.125. The van der Waals surface area contributed by atoms with Crippen LogP contribution >= 0.6 is 12.6 Å². The van der Waals surface area contributed by atoms with E-state index in [1.807, 2.05) is 0 Å². The molecular weight excluding hydrogens is 346 g/mol. The Balaban J connectivity index is 3.26. The Labute approximate surface area is 166 Å². The maximum atomic E-state index is 11.6. The van der Waals surface area contributed by atoms with Crippen molar-refractivity contribution in [2.75, 3.05) is 5.75 Å². The van der Waals surface area contributed by atoms with E-state index in [-0.39, 0.29) is 11.7 Å². The number of nitrogens with one attached hydrogen (secondary N) is 1. The zero-order chi connectivity index (χ0) is 19.5. The monoisotopic (exact) mass is 387 g/mol. The second-order valence-corrected chi connectivity index (χ2v) is 7.71. The number of aliphatic carboxylic acids is 1. The van der Waals surface area contributed by atoms with Gasteiger partial charge in [-0.3, -0.25) is 4.79 Å². The molecule has 0 radical (unpaired) electrons.